The normalized spacial score (nSPS) is 13.6. The zero-order valence-corrected chi connectivity index (χ0v) is 14.2. The van der Waals surface area contributed by atoms with Crippen LogP contribution in [0.2, 0.25) is 0 Å². The second kappa shape index (κ2) is 6.56. The highest BCUT2D eigenvalue weighted by atomic mass is 32.1. The summed E-state index contributed by atoms with van der Waals surface area (Å²) < 4.78 is 6.21. The van der Waals surface area contributed by atoms with Gasteiger partial charge >= 0.3 is 5.97 Å². The molecule has 0 aliphatic heterocycles. The molecular weight excluding hydrogens is 330 g/mol. The third-order valence-corrected chi connectivity index (χ3v) is 4.65. The molecule has 1 fully saturated rings. The topological polar surface area (TPSA) is 90.3 Å². The predicted octanol–water partition coefficient (Wildman–Crippen LogP) is 2.15. The van der Waals surface area contributed by atoms with E-state index in [0.717, 1.165) is 23.1 Å². The molecule has 2 aromatic rings. The van der Waals surface area contributed by atoms with Gasteiger partial charge in [0, 0.05) is 13.1 Å². The van der Waals surface area contributed by atoms with Crippen LogP contribution in [-0.4, -0.2) is 28.3 Å². The Morgan fingerprint density at radius 2 is 2.17 bits per heavy atom. The third kappa shape index (κ3) is 3.23. The smallest absolute Gasteiger partial charge is 0.341 e. The molecular formula is C16H17N3O4S. The number of amides is 1. The summed E-state index contributed by atoms with van der Waals surface area (Å²) in [6.45, 7) is 2.02. The molecule has 3 rings (SSSR count). The Hall–Kier alpha value is -2.48. The Morgan fingerprint density at radius 1 is 1.42 bits per heavy atom. The van der Waals surface area contributed by atoms with Crippen molar-refractivity contribution in [2.24, 2.45) is 7.05 Å². The minimum absolute atomic E-state index is 0.105. The Balaban J connectivity index is 1.88. The van der Waals surface area contributed by atoms with Crippen LogP contribution in [0.25, 0.3) is 0 Å². The van der Waals surface area contributed by atoms with Gasteiger partial charge in [0.1, 0.15) is 10.7 Å². The average molecular weight is 347 g/mol. The van der Waals surface area contributed by atoms with E-state index < -0.39 is 11.9 Å². The van der Waals surface area contributed by atoms with Crippen LogP contribution in [-0.2, 0) is 11.8 Å². The van der Waals surface area contributed by atoms with E-state index in [1.54, 1.807) is 6.92 Å². The molecule has 1 N–H and O–H groups in total. The first-order valence-electron chi connectivity index (χ1n) is 7.65. The monoisotopic (exact) mass is 347 g/mol. The van der Waals surface area contributed by atoms with Gasteiger partial charge in [-0.2, -0.15) is 5.10 Å². The average Bonchev–Trinajstić information content (AvgIpc) is 3.31. The molecule has 2 aromatic heterocycles. The van der Waals surface area contributed by atoms with E-state index in [-0.39, 0.29) is 17.9 Å². The lowest BCUT2D eigenvalue weighted by atomic mass is 10.1. The van der Waals surface area contributed by atoms with Crippen molar-refractivity contribution in [3.8, 4) is 0 Å². The highest BCUT2D eigenvalue weighted by Crippen LogP contribution is 2.46. The summed E-state index contributed by atoms with van der Waals surface area (Å²) in [6.07, 6.45) is 2.08. The van der Waals surface area contributed by atoms with Gasteiger partial charge in [-0.15, -0.1) is 11.3 Å². The molecule has 1 amide bonds. The van der Waals surface area contributed by atoms with E-state index in [0.29, 0.717) is 16.5 Å². The van der Waals surface area contributed by atoms with Gasteiger partial charge < -0.3 is 10.1 Å². The minimum atomic E-state index is -0.472. The Bertz CT molecular complexity index is 851. The number of hydrogen-bond acceptors (Lipinski definition) is 6. The first-order valence-corrected chi connectivity index (χ1v) is 8.53. The van der Waals surface area contributed by atoms with E-state index in [2.05, 4.69) is 10.4 Å². The number of carbonyl (C=O) groups is 2. The molecule has 1 saturated carbocycles. The molecule has 1 aliphatic carbocycles. The fraction of sp³-hybridized carbons (Fsp3) is 0.375. The van der Waals surface area contributed by atoms with Gasteiger partial charge in [0.15, 0.2) is 0 Å². The van der Waals surface area contributed by atoms with Crippen LogP contribution in [0, 0.1) is 0 Å². The Labute approximate surface area is 142 Å². The molecule has 0 unspecified atom stereocenters. The first kappa shape index (κ1) is 16.4. The van der Waals surface area contributed by atoms with Crippen molar-refractivity contribution < 1.29 is 14.3 Å². The summed E-state index contributed by atoms with van der Waals surface area (Å²) in [6, 6.07) is 2.63. The van der Waals surface area contributed by atoms with E-state index in [1.165, 1.54) is 30.5 Å². The number of rotatable bonds is 5. The molecule has 0 bridgehead atoms. The Kier molecular flexibility index (Phi) is 4.48. The lowest BCUT2D eigenvalue weighted by molar-refractivity contribution is 0.0527. The van der Waals surface area contributed by atoms with Crippen molar-refractivity contribution in [1.29, 1.82) is 0 Å². The lowest BCUT2D eigenvalue weighted by Gasteiger charge is -2.08. The number of thiophene rings is 1. The molecule has 7 nitrogen and oxygen atoms in total. The van der Waals surface area contributed by atoms with Gasteiger partial charge in [-0.25, -0.2) is 9.48 Å². The summed E-state index contributed by atoms with van der Waals surface area (Å²) in [5, 5.41) is 8.98. The molecule has 126 valence electrons. The SMILES string of the molecule is CCOC(=O)c1c(C2CC2)csc1NC(=O)c1ccc(=O)n(C)n1. The van der Waals surface area contributed by atoms with E-state index >= 15 is 0 Å². The standard InChI is InChI=1S/C16H17N3O4S/c1-3-23-16(22)13-10(9-4-5-9)8-24-15(13)17-14(21)11-6-7-12(20)19(2)18-11/h6-9H,3-5H2,1-2H3,(H,17,21). The summed E-state index contributed by atoms with van der Waals surface area (Å²) in [7, 11) is 1.47. The summed E-state index contributed by atoms with van der Waals surface area (Å²) >= 11 is 1.30. The number of hydrogen-bond donors (Lipinski definition) is 1. The van der Waals surface area contributed by atoms with Gasteiger partial charge in [0.25, 0.3) is 11.5 Å². The van der Waals surface area contributed by atoms with Crippen LogP contribution < -0.4 is 10.9 Å². The predicted molar refractivity (Wildman–Crippen MR) is 89.7 cm³/mol. The molecule has 0 radical (unpaired) electrons. The maximum Gasteiger partial charge on any atom is 0.341 e. The van der Waals surface area contributed by atoms with Crippen LogP contribution in [0.1, 0.15) is 52.1 Å². The molecule has 0 aromatic carbocycles. The van der Waals surface area contributed by atoms with Gasteiger partial charge in [0.05, 0.1) is 12.2 Å². The quantitative estimate of drug-likeness (QED) is 0.837. The van der Waals surface area contributed by atoms with Gasteiger partial charge in [0.2, 0.25) is 0 Å². The van der Waals surface area contributed by atoms with Crippen molar-refractivity contribution in [2.45, 2.75) is 25.7 Å². The second-order valence-electron chi connectivity index (χ2n) is 5.52. The Morgan fingerprint density at radius 3 is 2.79 bits per heavy atom. The van der Waals surface area contributed by atoms with E-state index in [1.807, 2.05) is 5.38 Å². The molecule has 24 heavy (non-hydrogen) atoms. The van der Waals surface area contributed by atoms with Crippen molar-refractivity contribution in [3.05, 3.63) is 44.7 Å². The number of ether oxygens (including phenoxy) is 1. The van der Waals surface area contributed by atoms with E-state index in [9.17, 15) is 14.4 Å². The highest BCUT2D eigenvalue weighted by molar-refractivity contribution is 7.15. The first-order chi connectivity index (χ1) is 11.5. The van der Waals surface area contributed by atoms with Crippen molar-refractivity contribution in [3.63, 3.8) is 0 Å². The second-order valence-corrected chi connectivity index (χ2v) is 6.40. The van der Waals surface area contributed by atoms with Crippen molar-refractivity contribution >= 4 is 28.2 Å². The number of esters is 1. The maximum absolute atomic E-state index is 12.4. The van der Waals surface area contributed by atoms with Gasteiger partial charge in [-0.3, -0.25) is 9.59 Å². The number of nitrogens with zero attached hydrogens (tertiary/aromatic N) is 2. The van der Waals surface area contributed by atoms with Crippen LogP contribution >= 0.6 is 11.3 Å². The van der Waals surface area contributed by atoms with Crippen LogP contribution in [0.15, 0.2) is 22.3 Å². The number of aromatic nitrogens is 2. The maximum atomic E-state index is 12.4. The van der Waals surface area contributed by atoms with Crippen LogP contribution in [0.5, 0.6) is 0 Å². The van der Waals surface area contributed by atoms with Crippen LogP contribution in [0.4, 0.5) is 5.00 Å². The number of carbonyl (C=O) groups excluding carboxylic acids is 2. The molecule has 0 atom stereocenters. The molecule has 8 heteroatoms. The highest BCUT2D eigenvalue weighted by Gasteiger charge is 2.32. The fourth-order valence-corrected chi connectivity index (χ4v) is 3.39. The molecule has 1 aliphatic rings. The van der Waals surface area contributed by atoms with Crippen LogP contribution in [0.3, 0.4) is 0 Å². The summed E-state index contributed by atoms with van der Waals surface area (Å²) in [4.78, 5) is 36.0. The molecule has 0 saturated heterocycles. The summed E-state index contributed by atoms with van der Waals surface area (Å²) in [5.74, 6) is -0.535. The lowest BCUT2D eigenvalue weighted by Crippen LogP contribution is -2.24. The molecule has 2 heterocycles. The van der Waals surface area contributed by atoms with Crippen molar-refractivity contribution in [2.75, 3.05) is 11.9 Å². The molecule has 0 spiro atoms. The fourth-order valence-electron chi connectivity index (χ4n) is 2.36. The zero-order chi connectivity index (χ0) is 17.3. The van der Waals surface area contributed by atoms with Crippen molar-refractivity contribution in [1.82, 2.24) is 9.78 Å². The van der Waals surface area contributed by atoms with Gasteiger partial charge in [-0.1, -0.05) is 0 Å². The zero-order valence-electron chi connectivity index (χ0n) is 13.4. The largest absolute Gasteiger partial charge is 0.462 e. The number of nitrogens with one attached hydrogen (secondary N) is 1. The van der Waals surface area contributed by atoms with E-state index in [4.69, 9.17) is 4.74 Å². The van der Waals surface area contributed by atoms with Gasteiger partial charge in [-0.05, 0) is 42.7 Å². The third-order valence-electron chi connectivity index (χ3n) is 3.74. The number of aryl methyl sites for hydroxylation is 1. The number of anilines is 1. The summed E-state index contributed by atoms with van der Waals surface area (Å²) in [5.41, 5.74) is 1.17. The minimum Gasteiger partial charge on any atom is -0.462 e.